The highest BCUT2D eigenvalue weighted by Gasteiger charge is 2.12. The van der Waals surface area contributed by atoms with Crippen LogP contribution in [0.25, 0.3) is 0 Å². The summed E-state index contributed by atoms with van der Waals surface area (Å²) in [6.45, 7) is 3.23. The summed E-state index contributed by atoms with van der Waals surface area (Å²) in [6.07, 6.45) is 1.08. The van der Waals surface area contributed by atoms with E-state index in [1.807, 2.05) is 0 Å². The second-order valence-electron chi connectivity index (χ2n) is 4.35. The second kappa shape index (κ2) is 5.30. The molecule has 0 saturated carbocycles. The van der Waals surface area contributed by atoms with Crippen LogP contribution >= 0.6 is 0 Å². The highest BCUT2D eigenvalue weighted by Crippen LogP contribution is 2.23. The molecular formula is C14H13F3N2. The molecular weight excluding hydrogens is 253 g/mol. The molecule has 0 radical (unpaired) electrons. The number of rotatable bonds is 3. The Labute approximate surface area is 109 Å². The zero-order valence-corrected chi connectivity index (χ0v) is 10.5. The quantitative estimate of drug-likeness (QED) is 0.908. The van der Waals surface area contributed by atoms with Gasteiger partial charge in [0.15, 0.2) is 0 Å². The van der Waals surface area contributed by atoms with Crippen LogP contribution in [0, 0.1) is 24.4 Å². The van der Waals surface area contributed by atoms with Gasteiger partial charge in [0.1, 0.15) is 17.5 Å². The molecule has 1 N–H and O–H groups in total. The number of hydrogen-bond acceptors (Lipinski definition) is 2. The Bertz CT molecular complexity index is 582. The molecule has 1 heterocycles. The van der Waals surface area contributed by atoms with E-state index in [0.29, 0.717) is 5.69 Å². The molecule has 0 bridgehead atoms. The minimum atomic E-state index is -0.534. The van der Waals surface area contributed by atoms with Gasteiger partial charge in [-0.15, -0.1) is 0 Å². The van der Waals surface area contributed by atoms with Crippen LogP contribution in [0.4, 0.5) is 18.9 Å². The molecule has 1 atom stereocenters. The Morgan fingerprint density at radius 3 is 2.47 bits per heavy atom. The van der Waals surface area contributed by atoms with Gasteiger partial charge in [0.2, 0.25) is 0 Å². The number of aromatic nitrogens is 1. The van der Waals surface area contributed by atoms with Crippen molar-refractivity contribution in [3.63, 3.8) is 0 Å². The summed E-state index contributed by atoms with van der Waals surface area (Å²) >= 11 is 0. The van der Waals surface area contributed by atoms with Gasteiger partial charge in [0, 0.05) is 6.07 Å². The first kappa shape index (κ1) is 13.4. The fourth-order valence-corrected chi connectivity index (χ4v) is 1.71. The van der Waals surface area contributed by atoms with Crippen molar-refractivity contribution in [2.24, 2.45) is 0 Å². The first-order chi connectivity index (χ1) is 8.97. The molecule has 1 unspecified atom stereocenters. The van der Waals surface area contributed by atoms with E-state index in [0.717, 1.165) is 18.3 Å². The number of hydrogen-bond donors (Lipinski definition) is 1. The standard InChI is InChI=1S/C14H13F3N2/c1-8-5-12(17)14(6-11(8)16)19-9(2)13-4-3-10(15)7-18-13/h3-7,9,19H,1-2H3. The molecule has 2 rings (SSSR count). The molecule has 2 aromatic rings. The lowest BCUT2D eigenvalue weighted by atomic mass is 10.1. The summed E-state index contributed by atoms with van der Waals surface area (Å²) < 4.78 is 39.8. The Morgan fingerprint density at radius 2 is 1.84 bits per heavy atom. The molecule has 0 aliphatic heterocycles. The van der Waals surface area contributed by atoms with E-state index >= 15 is 0 Å². The topological polar surface area (TPSA) is 24.9 Å². The summed E-state index contributed by atoms with van der Waals surface area (Å²) in [7, 11) is 0. The van der Waals surface area contributed by atoms with Gasteiger partial charge in [-0.05, 0) is 37.6 Å². The summed E-state index contributed by atoms with van der Waals surface area (Å²) in [5, 5.41) is 2.81. The summed E-state index contributed by atoms with van der Waals surface area (Å²) in [6, 6.07) is 4.63. The van der Waals surface area contributed by atoms with Crippen molar-refractivity contribution in [1.82, 2.24) is 4.98 Å². The van der Waals surface area contributed by atoms with Crippen LogP contribution in [0.1, 0.15) is 24.2 Å². The molecule has 1 aromatic heterocycles. The van der Waals surface area contributed by atoms with Crippen LogP contribution in [0.3, 0.4) is 0 Å². The molecule has 0 spiro atoms. The predicted molar refractivity (Wildman–Crippen MR) is 67.3 cm³/mol. The fourth-order valence-electron chi connectivity index (χ4n) is 1.71. The van der Waals surface area contributed by atoms with Gasteiger partial charge in [-0.25, -0.2) is 13.2 Å². The molecule has 2 nitrogen and oxygen atoms in total. The minimum absolute atomic E-state index is 0.0572. The van der Waals surface area contributed by atoms with E-state index < -0.39 is 17.5 Å². The molecule has 0 saturated heterocycles. The number of anilines is 1. The van der Waals surface area contributed by atoms with Gasteiger partial charge >= 0.3 is 0 Å². The number of benzene rings is 1. The maximum Gasteiger partial charge on any atom is 0.146 e. The number of halogens is 3. The van der Waals surface area contributed by atoms with Crippen LogP contribution in [-0.2, 0) is 0 Å². The van der Waals surface area contributed by atoms with Gasteiger partial charge in [-0.2, -0.15) is 0 Å². The number of nitrogens with zero attached hydrogens (tertiary/aromatic N) is 1. The molecule has 100 valence electrons. The Kier molecular flexibility index (Phi) is 3.74. The van der Waals surface area contributed by atoms with Crippen LogP contribution in [0.15, 0.2) is 30.5 Å². The van der Waals surface area contributed by atoms with Gasteiger partial charge in [-0.3, -0.25) is 4.98 Å². The van der Waals surface area contributed by atoms with E-state index in [4.69, 9.17) is 0 Å². The number of pyridine rings is 1. The van der Waals surface area contributed by atoms with Crippen LogP contribution in [0.5, 0.6) is 0 Å². The molecule has 5 heteroatoms. The van der Waals surface area contributed by atoms with Gasteiger partial charge < -0.3 is 5.32 Å². The van der Waals surface area contributed by atoms with Crippen molar-refractivity contribution in [3.05, 3.63) is 59.2 Å². The smallest absolute Gasteiger partial charge is 0.146 e. The third-order valence-electron chi connectivity index (χ3n) is 2.81. The Hall–Kier alpha value is -2.04. The minimum Gasteiger partial charge on any atom is -0.374 e. The highest BCUT2D eigenvalue weighted by atomic mass is 19.1. The second-order valence-corrected chi connectivity index (χ2v) is 4.35. The molecule has 0 amide bonds. The van der Waals surface area contributed by atoms with Crippen molar-refractivity contribution in [1.29, 1.82) is 0 Å². The summed E-state index contributed by atoms with van der Waals surface area (Å²) in [5.74, 6) is -1.46. The monoisotopic (exact) mass is 266 g/mol. The lowest BCUT2D eigenvalue weighted by Gasteiger charge is -2.16. The van der Waals surface area contributed by atoms with E-state index in [9.17, 15) is 13.2 Å². The van der Waals surface area contributed by atoms with Crippen molar-refractivity contribution in [2.75, 3.05) is 5.32 Å². The van der Waals surface area contributed by atoms with Crippen molar-refractivity contribution in [2.45, 2.75) is 19.9 Å². The maximum absolute atomic E-state index is 13.7. The van der Waals surface area contributed by atoms with Crippen molar-refractivity contribution >= 4 is 5.69 Å². The first-order valence-corrected chi connectivity index (χ1v) is 5.81. The average Bonchev–Trinajstić information content (AvgIpc) is 2.36. The Morgan fingerprint density at radius 1 is 1.11 bits per heavy atom. The van der Waals surface area contributed by atoms with Crippen LogP contribution < -0.4 is 5.32 Å². The third-order valence-corrected chi connectivity index (χ3v) is 2.81. The average molecular weight is 266 g/mol. The van der Waals surface area contributed by atoms with E-state index in [2.05, 4.69) is 10.3 Å². The zero-order chi connectivity index (χ0) is 14.0. The predicted octanol–water partition coefficient (Wildman–Crippen LogP) is 3.98. The van der Waals surface area contributed by atoms with Crippen LogP contribution in [-0.4, -0.2) is 4.98 Å². The molecule has 19 heavy (non-hydrogen) atoms. The van der Waals surface area contributed by atoms with Gasteiger partial charge in [0.05, 0.1) is 23.6 Å². The molecule has 0 fully saturated rings. The fraction of sp³-hybridized carbons (Fsp3) is 0.214. The highest BCUT2D eigenvalue weighted by molar-refractivity contribution is 5.48. The maximum atomic E-state index is 13.7. The third kappa shape index (κ3) is 3.05. The van der Waals surface area contributed by atoms with Gasteiger partial charge in [-0.1, -0.05) is 0 Å². The van der Waals surface area contributed by atoms with E-state index in [1.54, 1.807) is 6.92 Å². The summed E-state index contributed by atoms with van der Waals surface area (Å²) in [4.78, 5) is 3.89. The summed E-state index contributed by atoms with van der Waals surface area (Å²) in [5.41, 5.74) is 0.846. The molecule has 0 aliphatic carbocycles. The molecule has 1 aromatic carbocycles. The number of aryl methyl sites for hydroxylation is 1. The Balaban J connectivity index is 2.21. The molecule has 0 aliphatic rings. The van der Waals surface area contributed by atoms with Crippen molar-refractivity contribution in [3.8, 4) is 0 Å². The first-order valence-electron chi connectivity index (χ1n) is 5.81. The largest absolute Gasteiger partial charge is 0.374 e. The van der Waals surface area contributed by atoms with Gasteiger partial charge in [0.25, 0.3) is 0 Å². The number of nitrogens with one attached hydrogen (secondary N) is 1. The van der Waals surface area contributed by atoms with E-state index in [-0.39, 0.29) is 17.3 Å². The lowest BCUT2D eigenvalue weighted by molar-refractivity contribution is 0.592. The van der Waals surface area contributed by atoms with Crippen LogP contribution in [0.2, 0.25) is 0 Å². The van der Waals surface area contributed by atoms with E-state index in [1.165, 1.54) is 19.1 Å². The van der Waals surface area contributed by atoms with Crippen molar-refractivity contribution < 1.29 is 13.2 Å². The normalized spacial score (nSPS) is 12.3. The lowest BCUT2D eigenvalue weighted by Crippen LogP contribution is -2.10. The SMILES string of the molecule is Cc1cc(F)c(NC(C)c2ccc(F)cn2)cc1F. The zero-order valence-electron chi connectivity index (χ0n) is 10.5.